The highest BCUT2D eigenvalue weighted by Crippen LogP contribution is 2.48. The zero-order valence-electron chi connectivity index (χ0n) is 9.19. The minimum absolute atomic E-state index is 0.0380. The second kappa shape index (κ2) is 4.05. The molecule has 15 heavy (non-hydrogen) atoms. The molecule has 1 fully saturated rings. The van der Waals surface area contributed by atoms with Crippen LogP contribution in [0, 0.1) is 12.8 Å². The van der Waals surface area contributed by atoms with Crippen molar-refractivity contribution in [3.8, 4) is 0 Å². The van der Waals surface area contributed by atoms with E-state index in [1.54, 1.807) is 0 Å². The Hall–Kier alpha value is -1.31. The second-order valence-electron chi connectivity index (χ2n) is 4.11. The van der Waals surface area contributed by atoms with E-state index in [-0.39, 0.29) is 11.9 Å². The van der Waals surface area contributed by atoms with E-state index < -0.39 is 0 Å². The molecule has 0 aliphatic heterocycles. The number of esters is 1. The molecule has 2 atom stereocenters. The molecule has 0 spiro atoms. The van der Waals surface area contributed by atoms with Crippen molar-refractivity contribution < 1.29 is 9.53 Å². The van der Waals surface area contributed by atoms with Crippen molar-refractivity contribution in [1.29, 1.82) is 0 Å². The predicted octanol–water partition coefficient (Wildman–Crippen LogP) is 2.66. The molecule has 1 saturated carbocycles. The Bertz CT molecular complexity index is 371. The first-order valence-corrected chi connectivity index (χ1v) is 5.45. The summed E-state index contributed by atoms with van der Waals surface area (Å²) in [6.45, 7) is 4.41. The number of hydrogen-bond acceptors (Lipinski definition) is 2. The minimum atomic E-state index is -0.0380. The number of benzene rings is 1. The van der Waals surface area contributed by atoms with Crippen LogP contribution in [0.1, 0.15) is 30.4 Å². The van der Waals surface area contributed by atoms with Gasteiger partial charge in [0.1, 0.15) is 0 Å². The predicted molar refractivity (Wildman–Crippen MR) is 58.7 cm³/mol. The molecule has 0 saturated heterocycles. The highest BCUT2D eigenvalue weighted by molar-refractivity contribution is 5.77. The van der Waals surface area contributed by atoms with Crippen LogP contribution in [0.5, 0.6) is 0 Å². The van der Waals surface area contributed by atoms with E-state index >= 15 is 0 Å². The monoisotopic (exact) mass is 204 g/mol. The Kier molecular flexibility index (Phi) is 2.76. The zero-order valence-corrected chi connectivity index (χ0v) is 9.19. The second-order valence-corrected chi connectivity index (χ2v) is 4.11. The van der Waals surface area contributed by atoms with Gasteiger partial charge in [-0.2, -0.15) is 0 Å². The van der Waals surface area contributed by atoms with Crippen LogP contribution in [0.25, 0.3) is 0 Å². The van der Waals surface area contributed by atoms with Gasteiger partial charge in [-0.3, -0.25) is 4.79 Å². The summed E-state index contributed by atoms with van der Waals surface area (Å²) in [5, 5.41) is 0. The normalized spacial score (nSPS) is 23.6. The Morgan fingerprint density at radius 2 is 2.33 bits per heavy atom. The Morgan fingerprint density at radius 1 is 1.53 bits per heavy atom. The highest BCUT2D eigenvalue weighted by Gasteiger charge is 2.44. The Labute approximate surface area is 90.3 Å². The molecule has 80 valence electrons. The number of aryl methyl sites for hydroxylation is 1. The van der Waals surface area contributed by atoms with Crippen LogP contribution in [0.2, 0.25) is 0 Å². The fourth-order valence-corrected chi connectivity index (χ4v) is 1.97. The molecule has 0 aromatic heterocycles. The molecular weight excluding hydrogens is 188 g/mol. The lowest BCUT2D eigenvalue weighted by atomic mass is 10.1. The van der Waals surface area contributed by atoms with Gasteiger partial charge < -0.3 is 4.74 Å². The fraction of sp³-hybridized carbons (Fsp3) is 0.462. The summed E-state index contributed by atoms with van der Waals surface area (Å²) in [5.74, 6) is 0.458. The van der Waals surface area contributed by atoms with Gasteiger partial charge in [-0.15, -0.1) is 0 Å². The number of hydrogen-bond donors (Lipinski definition) is 0. The van der Waals surface area contributed by atoms with Gasteiger partial charge in [0.2, 0.25) is 0 Å². The standard InChI is InChI=1S/C13H16O2/c1-3-15-13(14)12-8-11(12)10-6-4-5-9(2)7-10/h4-7,11-12H,3,8H2,1-2H3/t11-,12+/m0/s1. The number of carbonyl (C=O) groups is 1. The molecule has 1 aromatic rings. The molecule has 0 heterocycles. The summed E-state index contributed by atoms with van der Waals surface area (Å²) < 4.78 is 5.01. The molecule has 0 amide bonds. The van der Waals surface area contributed by atoms with E-state index in [9.17, 15) is 4.79 Å². The van der Waals surface area contributed by atoms with Crippen molar-refractivity contribution >= 4 is 5.97 Å². The molecule has 2 heteroatoms. The molecule has 1 aromatic carbocycles. The lowest BCUT2D eigenvalue weighted by molar-refractivity contribution is -0.144. The molecule has 0 radical (unpaired) electrons. The van der Waals surface area contributed by atoms with Crippen molar-refractivity contribution in [3.63, 3.8) is 0 Å². The van der Waals surface area contributed by atoms with Gasteiger partial charge in [0.15, 0.2) is 0 Å². The third-order valence-electron chi connectivity index (χ3n) is 2.85. The van der Waals surface area contributed by atoms with Crippen molar-refractivity contribution in [2.24, 2.45) is 5.92 Å². The van der Waals surface area contributed by atoms with E-state index in [1.807, 2.05) is 13.0 Å². The third-order valence-corrected chi connectivity index (χ3v) is 2.85. The molecule has 2 nitrogen and oxygen atoms in total. The summed E-state index contributed by atoms with van der Waals surface area (Å²) in [4.78, 5) is 11.5. The van der Waals surface area contributed by atoms with Crippen LogP contribution >= 0.6 is 0 Å². The lowest BCUT2D eigenvalue weighted by Gasteiger charge is -2.02. The van der Waals surface area contributed by atoms with Crippen LogP contribution < -0.4 is 0 Å². The maximum absolute atomic E-state index is 11.5. The van der Waals surface area contributed by atoms with Crippen molar-refractivity contribution in [2.45, 2.75) is 26.2 Å². The van der Waals surface area contributed by atoms with Gasteiger partial charge in [-0.05, 0) is 31.7 Å². The lowest BCUT2D eigenvalue weighted by Crippen LogP contribution is -2.07. The highest BCUT2D eigenvalue weighted by atomic mass is 16.5. The van der Waals surface area contributed by atoms with Crippen LogP contribution in [0.15, 0.2) is 24.3 Å². The first-order chi connectivity index (χ1) is 7.22. The summed E-state index contributed by atoms with van der Waals surface area (Å²) >= 11 is 0. The van der Waals surface area contributed by atoms with E-state index in [1.165, 1.54) is 11.1 Å². The average molecular weight is 204 g/mol. The number of carbonyl (C=O) groups excluding carboxylic acids is 1. The van der Waals surface area contributed by atoms with Gasteiger partial charge in [-0.1, -0.05) is 29.8 Å². The van der Waals surface area contributed by atoms with E-state index in [2.05, 4.69) is 25.1 Å². The molecule has 2 rings (SSSR count). The number of rotatable bonds is 3. The third kappa shape index (κ3) is 2.20. The van der Waals surface area contributed by atoms with Crippen molar-refractivity contribution in [1.82, 2.24) is 0 Å². The molecule has 1 aliphatic rings. The summed E-state index contributed by atoms with van der Waals surface area (Å²) in [6, 6.07) is 8.37. The van der Waals surface area contributed by atoms with E-state index in [0.29, 0.717) is 12.5 Å². The molecule has 0 bridgehead atoms. The van der Waals surface area contributed by atoms with Crippen LogP contribution in [-0.2, 0) is 9.53 Å². The number of ether oxygens (including phenoxy) is 1. The summed E-state index contributed by atoms with van der Waals surface area (Å²) in [6.07, 6.45) is 0.947. The maximum atomic E-state index is 11.5. The smallest absolute Gasteiger partial charge is 0.309 e. The zero-order chi connectivity index (χ0) is 10.8. The van der Waals surface area contributed by atoms with E-state index in [0.717, 1.165) is 6.42 Å². The minimum Gasteiger partial charge on any atom is -0.466 e. The van der Waals surface area contributed by atoms with Gasteiger partial charge in [0, 0.05) is 0 Å². The van der Waals surface area contributed by atoms with Gasteiger partial charge >= 0.3 is 5.97 Å². The molecular formula is C13H16O2. The molecule has 0 unspecified atom stereocenters. The van der Waals surface area contributed by atoms with Crippen molar-refractivity contribution in [2.75, 3.05) is 6.61 Å². The summed E-state index contributed by atoms with van der Waals surface area (Å²) in [5.41, 5.74) is 2.52. The Morgan fingerprint density at radius 3 is 3.00 bits per heavy atom. The topological polar surface area (TPSA) is 26.3 Å². The van der Waals surface area contributed by atoms with Crippen LogP contribution in [0.3, 0.4) is 0 Å². The maximum Gasteiger partial charge on any atom is 0.309 e. The van der Waals surface area contributed by atoms with Gasteiger partial charge in [0.25, 0.3) is 0 Å². The van der Waals surface area contributed by atoms with Crippen LogP contribution in [0.4, 0.5) is 0 Å². The van der Waals surface area contributed by atoms with Crippen molar-refractivity contribution in [3.05, 3.63) is 35.4 Å². The van der Waals surface area contributed by atoms with E-state index in [4.69, 9.17) is 4.74 Å². The van der Waals surface area contributed by atoms with Crippen LogP contribution in [-0.4, -0.2) is 12.6 Å². The van der Waals surface area contributed by atoms with Gasteiger partial charge in [-0.25, -0.2) is 0 Å². The summed E-state index contributed by atoms with van der Waals surface area (Å²) in [7, 11) is 0. The fourth-order valence-electron chi connectivity index (χ4n) is 1.97. The first kappa shape index (κ1) is 10.2. The average Bonchev–Trinajstić information content (AvgIpc) is 2.97. The molecule has 1 aliphatic carbocycles. The SMILES string of the molecule is CCOC(=O)[C@@H]1C[C@H]1c1cccc(C)c1. The quantitative estimate of drug-likeness (QED) is 0.707. The van der Waals surface area contributed by atoms with Gasteiger partial charge in [0.05, 0.1) is 12.5 Å². The molecule has 0 N–H and O–H groups in total. The first-order valence-electron chi connectivity index (χ1n) is 5.45. The Balaban J connectivity index is 2.01. The largest absolute Gasteiger partial charge is 0.466 e.